The molecule has 0 aliphatic carbocycles. The molecule has 1 atom stereocenters. The van der Waals surface area contributed by atoms with Crippen LogP contribution in [0, 0.1) is 0 Å². The van der Waals surface area contributed by atoms with Crippen LogP contribution in [-0.2, 0) is 4.57 Å². The predicted octanol–water partition coefficient (Wildman–Crippen LogP) is 1.97. The molecule has 0 aromatic heterocycles. The maximum Gasteiger partial charge on any atom is 0.408 e. The van der Waals surface area contributed by atoms with Gasteiger partial charge < -0.3 is 19.6 Å². The third-order valence-corrected chi connectivity index (χ3v) is 4.12. The summed E-state index contributed by atoms with van der Waals surface area (Å²) in [5.41, 5.74) is -0.258. The van der Waals surface area contributed by atoms with Crippen LogP contribution in [0.15, 0.2) is 48.5 Å². The van der Waals surface area contributed by atoms with Crippen LogP contribution in [-0.4, -0.2) is 27.0 Å². The first-order valence-electron chi connectivity index (χ1n) is 5.99. The van der Waals surface area contributed by atoms with Crippen LogP contribution < -0.4 is 9.83 Å². The summed E-state index contributed by atoms with van der Waals surface area (Å²) in [5.74, 6) is -2.55. The Kier molecular flexibility index (Phi) is 4.30. The highest BCUT2D eigenvalue weighted by molar-refractivity contribution is 7.61. The first kappa shape index (κ1) is 15.8. The van der Waals surface area contributed by atoms with Crippen LogP contribution in [0.5, 0.6) is 5.75 Å². The van der Waals surface area contributed by atoms with Gasteiger partial charge in [-0.1, -0.05) is 12.1 Å². The maximum absolute atomic E-state index is 12.2. The van der Waals surface area contributed by atoms with Crippen LogP contribution >= 0.6 is 7.60 Å². The molecule has 0 heterocycles. The lowest BCUT2D eigenvalue weighted by atomic mass is 10.2. The molecule has 22 heavy (non-hydrogen) atoms. The quantitative estimate of drug-likeness (QED) is 0.719. The number of hydrogen-bond acceptors (Lipinski definition) is 4. The number of rotatable bonds is 5. The predicted molar refractivity (Wildman–Crippen MR) is 76.9 cm³/mol. The zero-order chi connectivity index (χ0) is 16.3. The van der Waals surface area contributed by atoms with Gasteiger partial charge in [-0.3, -0.25) is 0 Å². The normalized spacial score (nSPS) is 13.1. The summed E-state index contributed by atoms with van der Waals surface area (Å²) < 4.78 is 17.2. The molecule has 2 aromatic rings. The molecular formula is C14H11O7P. The van der Waals surface area contributed by atoms with Crippen molar-refractivity contribution in [2.24, 2.45) is 0 Å². The molecule has 0 spiro atoms. The molecule has 0 saturated heterocycles. The van der Waals surface area contributed by atoms with Crippen molar-refractivity contribution in [2.75, 3.05) is 0 Å². The topological polar surface area (TPSA) is 121 Å². The van der Waals surface area contributed by atoms with Gasteiger partial charge in [-0.05, 0) is 36.4 Å². The second kappa shape index (κ2) is 6.01. The first-order chi connectivity index (χ1) is 10.3. The van der Waals surface area contributed by atoms with E-state index in [1.165, 1.54) is 36.4 Å². The van der Waals surface area contributed by atoms with Gasteiger partial charge in [0.25, 0.3) is 0 Å². The molecule has 3 N–H and O–H groups in total. The fourth-order valence-corrected chi connectivity index (χ4v) is 2.78. The minimum atomic E-state index is -4.34. The van der Waals surface area contributed by atoms with Gasteiger partial charge in [0.2, 0.25) is 0 Å². The van der Waals surface area contributed by atoms with E-state index in [0.717, 1.165) is 12.1 Å². The van der Waals surface area contributed by atoms with Gasteiger partial charge in [0.15, 0.2) is 0 Å². The zero-order valence-corrected chi connectivity index (χ0v) is 11.9. The molecular weight excluding hydrogens is 311 g/mol. The highest BCUT2D eigenvalue weighted by Crippen LogP contribution is 2.41. The highest BCUT2D eigenvalue weighted by atomic mass is 31.2. The minimum Gasteiger partial charge on any atom is -0.478 e. The van der Waals surface area contributed by atoms with Crippen molar-refractivity contribution in [3.63, 3.8) is 0 Å². The lowest BCUT2D eigenvalue weighted by Gasteiger charge is -2.14. The van der Waals surface area contributed by atoms with Gasteiger partial charge in [0, 0.05) is 0 Å². The Labute approximate surface area is 125 Å². The maximum atomic E-state index is 12.2. The Morgan fingerprint density at radius 2 is 1.45 bits per heavy atom. The third-order valence-electron chi connectivity index (χ3n) is 2.73. The van der Waals surface area contributed by atoms with E-state index in [1.54, 1.807) is 0 Å². The van der Waals surface area contributed by atoms with Crippen molar-refractivity contribution >= 4 is 24.8 Å². The molecule has 1 unspecified atom stereocenters. The lowest BCUT2D eigenvalue weighted by molar-refractivity contribution is 0.0686. The molecule has 7 nitrogen and oxygen atoms in total. The van der Waals surface area contributed by atoms with Crippen molar-refractivity contribution in [1.82, 2.24) is 0 Å². The van der Waals surface area contributed by atoms with Gasteiger partial charge in [-0.15, -0.1) is 0 Å². The van der Waals surface area contributed by atoms with E-state index in [0.29, 0.717) is 0 Å². The summed E-state index contributed by atoms with van der Waals surface area (Å²) in [6, 6.07) is 9.99. The molecule has 0 aliphatic heterocycles. The second-order valence-electron chi connectivity index (χ2n) is 4.30. The van der Waals surface area contributed by atoms with Gasteiger partial charge in [0.05, 0.1) is 16.4 Å². The van der Waals surface area contributed by atoms with Crippen molar-refractivity contribution in [3.8, 4) is 5.75 Å². The van der Waals surface area contributed by atoms with Crippen LogP contribution in [0.4, 0.5) is 0 Å². The number of carboxylic acid groups (broad SMARTS) is 2. The molecule has 0 saturated carbocycles. The Balaban J connectivity index is 2.33. The van der Waals surface area contributed by atoms with E-state index in [2.05, 4.69) is 0 Å². The van der Waals surface area contributed by atoms with Crippen molar-refractivity contribution < 1.29 is 33.8 Å². The number of aromatic carboxylic acids is 2. The monoisotopic (exact) mass is 322 g/mol. The molecule has 0 radical (unpaired) electrons. The van der Waals surface area contributed by atoms with E-state index >= 15 is 0 Å². The summed E-state index contributed by atoms with van der Waals surface area (Å²) in [5, 5.41) is 17.6. The SMILES string of the molecule is O=C(O)c1cccc(OP(=O)(O)c2cccc(C(=O)O)c2)c1. The Hall–Kier alpha value is -2.63. The van der Waals surface area contributed by atoms with Gasteiger partial charge in [0.1, 0.15) is 5.75 Å². The third kappa shape index (κ3) is 3.52. The smallest absolute Gasteiger partial charge is 0.408 e. The minimum absolute atomic E-state index is 0.100. The standard InChI is InChI=1S/C14H11O7P/c15-13(16)9-3-1-5-11(7-9)21-22(19,20)12-6-2-4-10(8-12)14(17)18/h1-8H,(H,15,16)(H,17,18)(H,19,20). The van der Waals surface area contributed by atoms with Crippen LogP contribution in [0.25, 0.3) is 0 Å². The highest BCUT2D eigenvalue weighted by Gasteiger charge is 2.25. The van der Waals surface area contributed by atoms with E-state index in [9.17, 15) is 19.0 Å². The van der Waals surface area contributed by atoms with Crippen molar-refractivity contribution in [1.29, 1.82) is 0 Å². The largest absolute Gasteiger partial charge is 0.478 e. The van der Waals surface area contributed by atoms with Crippen LogP contribution in [0.1, 0.15) is 20.7 Å². The molecule has 8 heteroatoms. The van der Waals surface area contributed by atoms with Crippen molar-refractivity contribution in [3.05, 3.63) is 59.7 Å². The molecule has 0 amide bonds. The summed E-state index contributed by atoms with van der Waals surface area (Å²) in [7, 11) is -4.34. The Morgan fingerprint density at radius 1 is 0.909 bits per heavy atom. The summed E-state index contributed by atoms with van der Waals surface area (Å²) in [6.45, 7) is 0. The van der Waals surface area contributed by atoms with E-state index in [1.807, 2.05) is 0 Å². The second-order valence-corrected chi connectivity index (χ2v) is 6.04. The number of benzene rings is 2. The summed E-state index contributed by atoms with van der Waals surface area (Å²) in [6.07, 6.45) is 0. The van der Waals surface area contributed by atoms with Crippen LogP contribution in [0.2, 0.25) is 0 Å². The molecule has 2 aromatic carbocycles. The lowest BCUT2D eigenvalue weighted by Crippen LogP contribution is -2.11. The molecule has 0 fully saturated rings. The van der Waals surface area contributed by atoms with Gasteiger partial charge >= 0.3 is 19.5 Å². The van der Waals surface area contributed by atoms with E-state index in [-0.39, 0.29) is 22.2 Å². The molecule has 0 aliphatic rings. The molecule has 2 rings (SSSR count). The fourth-order valence-electron chi connectivity index (χ4n) is 1.70. The summed E-state index contributed by atoms with van der Waals surface area (Å²) in [4.78, 5) is 31.7. The van der Waals surface area contributed by atoms with Gasteiger partial charge in [-0.25, -0.2) is 14.2 Å². The Bertz CT molecular complexity index is 784. The van der Waals surface area contributed by atoms with E-state index < -0.39 is 19.5 Å². The zero-order valence-electron chi connectivity index (χ0n) is 11.0. The van der Waals surface area contributed by atoms with Gasteiger partial charge in [-0.2, -0.15) is 0 Å². The first-order valence-corrected chi connectivity index (χ1v) is 7.57. The van der Waals surface area contributed by atoms with Crippen LogP contribution in [0.3, 0.4) is 0 Å². The Morgan fingerprint density at radius 3 is 2.05 bits per heavy atom. The van der Waals surface area contributed by atoms with Crippen molar-refractivity contribution in [2.45, 2.75) is 0 Å². The van der Waals surface area contributed by atoms with E-state index in [4.69, 9.17) is 14.7 Å². The number of carbonyl (C=O) groups is 2. The summed E-state index contributed by atoms with van der Waals surface area (Å²) >= 11 is 0. The molecule has 114 valence electrons. The number of carboxylic acids is 2. The number of hydrogen-bond donors (Lipinski definition) is 3. The average Bonchev–Trinajstić information content (AvgIpc) is 2.47. The average molecular weight is 322 g/mol. The molecule has 0 bridgehead atoms. The fraction of sp³-hybridized carbons (Fsp3) is 0.